The lowest BCUT2D eigenvalue weighted by Crippen LogP contribution is -2.39. The van der Waals surface area contributed by atoms with Gasteiger partial charge >= 0.3 is 0 Å². The minimum atomic E-state index is 0.168. The maximum Gasteiger partial charge on any atom is 0.0624 e. The smallest absolute Gasteiger partial charge is 0.0624 e. The van der Waals surface area contributed by atoms with E-state index in [1.54, 1.807) is 0 Å². The second-order valence-electron chi connectivity index (χ2n) is 5.76. The summed E-state index contributed by atoms with van der Waals surface area (Å²) in [6.07, 6.45) is 2.06. The molecule has 1 rings (SSSR count). The predicted octanol–water partition coefficient (Wildman–Crippen LogP) is 2.96. The molecule has 3 heteroatoms. The zero-order chi connectivity index (χ0) is 13.1. The lowest BCUT2D eigenvalue weighted by molar-refractivity contribution is 0.360. The summed E-state index contributed by atoms with van der Waals surface area (Å²) in [7, 11) is 0. The van der Waals surface area contributed by atoms with Crippen molar-refractivity contribution in [1.82, 2.24) is 15.1 Å². The number of nitrogens with one attached hydrogen (secondary N) is 1. The summed E-state index contributed by atoms with van der Waals surface area (Å²) < 4.78 is 2.18. The molecule has 0 aliphatic rings. The Morgan fingerprint density at radius 3 is 2.41 bits per heavy atom. The zero-order valence-electron chi connectivity index (χ0n) is 12.2. The highest BCUT2D eigenvalue weighted by Crippen LogP contribution is 2.13. The number of hydrogen-bond donors (Lipinski definition) is 1. The SMILES string of the molecule is CCc1cc(CC)n(C(C)CNC(C)(C)C)n1. The van der Waals surface area contributed by atoms with Gasteiger partial charge in [0.05, 0.1) is 11.7 Å². The number of aryl methyl sites for hydroxylation is 2. The summed E-state index contributed by atoms with van der Waals surface area (Å²) in [5.41, 5.74) is 2.70. The van der Waals surface area contributed by atoms with Crippen molar-refractivity contribution in [2.24, 2.45) is 0 Å². The molecule has 0 saturated heterocycles. The van der Waals surface area contributed by atoms with Crippen molar-refractivity contribution in [3.05, 3.63) is 17.5 Å². The van der Waals surface area contributed by atoms with E-state index in [1.807, 2.05) is 0 Å². The van der Waals surface area contributed by atoms with Crippen LogP contribution in [-0.4, -0.2) is 21.9 Å². The van der Waals surface area contributed by atoms with Crippen LogP contribution in [0.5, 0.6) is 0 Å². The lowest BCUT2D eigenvalue weighted by atomic mass is 10.1. The minimum absolute atomic E-state index is 0.168. The van der Waals surface area contributed by atoms with Gasteiger partial charge in [-0.3, -0.25) is 4.68 Å². The molecule has 3 nitrogen and oxygen atoms in total. The zero-order valence-corrected chi connectivity index (χ0v) is 12.2. The Bertz CT molecular complexity index is 347. The molecule has 0 aliphatic heterocycles. The molecule has 0 bridgehead atoms. The fourth-order valence-electron chi connectivity index (χ4n) is 1.85. The van der Waals surface area contributed by atoms with E-state index in [-0.39, 0.29) is 5.54 Å². The van der Waals surface area contributed by atoms with Crippen molar-refractivity contribution in [1.29, 1.82) is 0 Å². The number of aromatic nitrogens is 2. The normalized spacial score (nSPS) is 14.0. The molecule has 1 aromatic rings. The van der Waals surface area contributed by atoms with Gasteiger partial charge in [-0.1, -0.05) is 13.8 Å². The molecular weight excluding hydrogens is 210 g/mol. The second kappa shape index (κ2) is 5.67. The van der Waals surface area contributed by atoms with Gasteiger partial charge in [-0.25, -0.2) is 0 Å². The standard InChI is InChI=1S/C14H27N3/c1-7-12-9-13(8-2)17(16-12)11(3)10-15-14(4,5)6/h9,11,15H,7-8,10H2,1-6H3. The lowest BCUT2D eigenvalue weighted by Gasteiger charge is -2.24. The third kappa shape index (κ3) is 4.15. The molecule has 1 N–H and O–H groups in total. The Balaban J connectivity index is 2.73. The fraction of sp³-hybridized carbons (Fsp3) is 0.786. The first-order chi connectivity index (χ1) is 7.87. The maximum absolute atomic E-state index is 4.68. The van der Waals surface area contributed by atoms with Gasteiger partial charge in [0, 0.05) is 17.8 Å². The first-order valence-corrected chi connectivity index (χ1v) is 6.69. The van der Waals surface area contributed by atoms with E-state index in [9.17, 15) is 0 Å². The van der Waals surface area contributed by atoms with Gasteiger partial charge in [0.25, 0.3) is 0 Å². The van der Waals surface area contributed by atoms with Crippen LogP contribution < -0.4 is 5.32 Å². The van der Waals surface area contributed by atoms with Crippen LogP contribution in [-0.2, 0) is 12.8 Å². The van der Waals surface area contributed by atoms with Crippen LogP contribution in [0.25, 0.3) is 0 Å². The van der Waals surface area contributed by atoms with Crippen LogP contribution in [0, 0.1) is 0 Å². The molecule has 0 aromatic carbocycles. The Morgan fingerprint density at radius 2 is 1.94 bits per heavy atom. The van der Waals surface area contributed by atoms with Crippen LogP contribution in [0.4, 0.5) is 0 Å². The van der Waals surface area contributed by atoms with E-state index >= 15 is 0 Å². The molecule has 98 valence electrons. The molecule has 1 atom stereocenters. The van der Waals surface area contributed by atoms with Crippen LogP contribution in [0.2, 0.25) is 0 Å². The molecule has 17 heavy (non-hydrogen) atoms. The van der Waals surface area contributed by atoms with Crippen LogP contribution >= 0.6 is 0 Å². The van der Waals surface area contributed by atoms with Crippen LogP contribution in [0.3, 0.4) is 0 Å². The number of nitrogens with zero attached hydrogens (tertiary/aromatic N) is 2. The molecular formula is C14H27N3. The minimum Gasteiger partial charge on any atom is -0.310 e. The highest BCUT2D eigenvalue weighted by molar-refractivity contribution is 5.11. The van der Waals surface area contributed by atoms with Crippen molar-refractivity contribution < 1.29 is 0 Å². The van der Waals surface area contributed by atoms with Crippen molar-refractivity contribution in [2.45, 2.75) is 66.0 Å². The van der Waals surface area contributed by atoms with E-state index in [0.29, 0.717) is 6.04 Å². The molecule has 1 aromatic heterocycles. The van der Waals surface area contributed by atoms with Gasteiger partial charge < -0.3 is 5.32 Å². The van der Waals surface area contributed by atoms with Gasteiger partial charge in [-0.2, -0.15) is 5.10 Å². The molecule has 0 aliphatic carbocycles. The Labute approximate surface area is 106 Å². The average molecular weight is 237 g/mol. The predicted molar refractivity (Wildman–Crippen MR) is 73.4 cm³/mol. The molecule has 0 radical (unpaired) electrons. The molecule has 0 saturated carbocycles. The fourth-order valence-corrected chi connectivity index (χ4v) is 1.85. The van der Waals surface area contributed by atoms with E-state index in [4.69, 9.17) is 0 Å². The molecule has 0 amide bonds. The summed E-state index contributed by atoms with van der Waals surface area (Å²) in [5.74, 6) is 0. The molecule has 1 heterocycles. The van der Waals surface area contributed by atoms with Crippen LogP contribution in [0.15, 0.2) is 6.07 Å². The van der Waals surface area contributed by atoms with Crippen molar-refractivity contribution in [2.75, 3.05) is 6.54 Å². The highest BCUT2D eigenvalue weighted by atomic mass is 15.3. The summed E-state index contributed by atoms with van der Waals surface area (Å²) in [6, 6.07) is 2.64. The first-order valence-electron chi connectivity index (χ1n) is 6.69. The Hall–Kier alpha value is -0.830. The van der Waals surface area contributed by atoms with Gasteiger partial charge in [0.1, 0.15) is 0 Å². The van der Waals surface area contributed by atoms with Crippen molar-refractivity contribution in [3.8, 4) is 0 Å². The third-order valence-corrected chi connectivity index (χ3v) is 2.93. The highest BCUT2D eigenvalue weighted by Gasteiger charge is 2.15. The van der Waals surface area contributed by atoms with E-state index in [2.05, 4.69) is 62.7 Å². The van der Waals surface area contributed by atoms with Crippen molar-refractivity contribution in [3.63, 3.8) is 0 Å². The molecule has 0 spiro atoms. The number of hydrogen-bond acceptors (Lipinski definition) is 2. The Kier molecular flexibility index (Phi) is 4.75. The maximum atomic E-state index is 4.68. The van der Waals surface area contributed by atoms with Crippen LogP contribution in [0.1, 0.15) is 59.0 Å². The Morgan fingerprint density at radius 1 is 1.29 bits per heavy atom. The monoisotopic (exact) mass is 237 g/mol. The largest absolute Gasteiger partial charge is 0.310 e. The average Bonchev–Trinajstić information content (AvgIpc) is 2.68. The van der Waals surface area contributed by atoms with Crippen molar-refractivity contribution >= 4 is 0 Å². The summed E-state index contributed by atoms with van der Waals surface area (Å²) in [6.45, 7) is 14.1. The third-order valence-electron chi connectivity index (χ3n) is 2.93. The van der Waals surface area contributed by atoms with E-state index in [1.165, 1.54) is 11.4 Å². The summed E-state index contributed by atoms with van der Waals surface area (Å²) >= 11 is 0. The number of rotatable bonds is 5. The second-order valence-corrected chi connectivity index (χ2v) is 5.76. The first kappa shape index (κ1) is 14.2. The summed E-state index contributed by atoms with van der Waals surface area (Å²) in [5, 5.41) is 8.21. The molecule has 1 unspecified atom stereocenters. The quantitative estimate of drug-likeness (QED) is 0.853. The van der Waals surface area contributed by atoms with Gasteiger partial charge in [-0.15, -0.1) is 0 Å². The molecule has 0 fully saturated rings. The van der Waals surface area contributed by atoms with E-state index < -0.39 is 0 Å². The van der Waals surface area contributed by atoms with Gasteiger partial charge in [-0.05, 0) is 46.6 Å². The van der Waals surface area contributed by atoms with E-state index in [0.717, 1.165) is 19.4 Å². The van der Waals surface area contributed by atoms with Gasteiger partial charge in [0.2, 0.25) is 0 Å². The topological polar surface area (TPSA) is 29.9 Å². The summed E-state index contributed by atoms with van der Waals surface area (Å²) in [4.78, 5) is 0. The van der Waals surface area contributed by atoms with Gasteiger partial charge in [0.15, 0.2) is 0 Å².